The monoisotopic (exact) mass is 346 g/mol. The predicted molar refractivity (Wildman–Crippen MR) is 95.4 cm³/mol. The first-order valence-electron chi connectivity index (χ1n) is 9.14. The van der Waals surface area contributed by atoms with Crippen LogP contribution in [0.5, 0.6) is 0 Å². The standard InChI is InChI=1S/C18H26N4OS/c23-15(13-22-10-4-8-19-22)12-21-9-3-5-14(11-21)18-20-16-6-1-2-7-17(16)24-18/h4,8,10,14-15,23H,1-3,5-7,9,11-13H2/t14-,15-/m0/s1. The van der Waals surface area contributed by atoms with Crippen LogP contribution in [0.4, 0.5) is 0 Å². The van der Waals surface area contributed by atoms with Gasteiger partial charge in [-0.2, -0.15) is 5.10 Å². The molecule has 130 valence electrons. The molecule has 1 N–H and O–H groups in total. The number of fused-ring (bicyclic) bond motifs is 1. The summed E-state index contributed by atoms with van der Waals surface area (Å²) in [7, 11) is 0. The zero-order chi connectivity index (χ0) is 16.4. The number of aromatic nitrogens is 3. The van der Waals surface area contributed by atoms with Crippen molar-refractivity contribution in [3.8, 4) is 0 Å². The smallest absolute Gasteiger partial charge is 0.0974 e. The first kappa shape index (κ1) is 16.2. The summed E-state index contributed by atoms with van der Waals surface area (Å²) in [6, 6.07) is 1.90. The Bertz CT molecular complexity index is 631. The summed E-state index contributed by atoms with van der Waals surface area (Å²) in [6.45, 7) is 3.40. The van der Waals surface area contributed by atoms with E-state index in [9.17, 15) is 5.11 Å². The highest BCUT2D eigenvalue weighted by atomic mass is 32.1. The van der Waals surface area contributed by atoms with Crippen LogP contribution in [0.3, 0.4) is 0 Å². The predicted octanol–water partition coefficient (Wildman–Crippen LogP) is 2.46. The van der Waals surface area contributed by atoms with Crippen molar-refractivity contribution in [1.29, 1.82) is 0 Å². The Kier molecular flexibility index (Phi) is 4.96. The number of thiazole rings is 1. The second-order valence-corrected chi connectivity index (χ2v) is 8.22. The molecule has 0 saturated carbocycles. The Morgan fingerprint density at radius 2 is 2.17 bits per heavy atom. The molecule has 2 aromatic rings. The minimum absolute atomic E-state index is 0.367. The molecular weight excluding hydrogens is 320 g/mol. The normalized spacial score (nSPS) is 23.1. The highest BCUT2D eigenvalue weighted by Crippen LogP contribution is 2.34. The molecule has 1 saturated heterocycles. The van der Waals surface area contributed by atoms with Gasteiger partial charge in [0.2, 0.25) is 0 Å². The fourth-order valence-corrected chi connectivity index (χ4v) is 5.23. The van der Waals surface area contributed by atoms with E-state index in [1.54, 1.807) is 10.9 Å². The second kappa shape index (κ2) is 7.33. The number of aliphatic hydroxyl groups is 1. The molecule has 2 aliphatic rings. The quantitative estimate of drug-likeness (QED) is 0.904. The van der Waals surface area contributed by atoms with Crippen LogP contribution in [0, 0.1) is 0 Å². The van der Waals surface area contributed by atoms with Crippen LogP contribution >= 0.6 is 11.3 Å². The third-order valence-corrected chi connectivity index (χ3v) is 6.46. The molecule has 5 nitrogen and oxygen atoms in total. The molecule has 6 heteroatoms. The van der Waals surface area contributed by atoms with E-state index in [1.807, 2.05) is 23.6 Å². The van der Waals surface area contributed by atoms with Crippen molar-refractivity contribution in [3.63, 3.8) is 0 Å². The number of β-amino-alcohol motifs (C(OH)–C–C–N with tert-alkyl or cyclic N) is 1. The number of rotatable bonds is 5. The van der Waals surface area contributed by atoms with E-state index in [4.69, 9.17) is 4.98 Å². The molecule has 0 spiro atoms. The number of nitrogens with zero attached hydrogens (tertiary/aromatic N) is 4. The maximum absolute atomic E-state index is 10.3. The van der Waals surface area contributed by atoms with Gasteiger partial charge >= 0.3 is 0 Å². The molecule has 24 heavy (non-hydrogen) atoms. The van der Waals surface area contributed by atoms with Crippen molar-refractivity contribution in [2.45, 2.75) is 57.1 Å². The minimum Gasteiger partial charge on any atom is -0.390 e. The van der Waals surface area contributed by atoms with Gasteiger partial charge in [-0.05, 0) is 51.1 Å². The Morgan fingerprint density at radius 1 is 1.25 bits per heavy atom. The summed E-state index contributed by atoms with van der Waals surface area (Å²) < 4.78 is 1.81. The van der Waals surface area contributed by atoms with Crippen LogP contribution in [-0.2, 0) is 19.4 Å². The number of aryl methyl sites for hydroxylation is 2. The van der Waals surface area contributed by atoms with Gasteiger partial charge in [-0.15, -0.1) is 11.3 Å². The van der Waals surface area contributed by atoms with E-state index < -0.39 is 0 Å². The molecule has 0 amide bonds. The lowest BCUT2D eigenvalue weighted by Gasteiger charge is -2.33. The lowest BCUT2D eigenvalue weighted by molar-refractivity contribution is 0.0807. The highest BCUT2D eigenvalue weighted by Gasteiger charge is 2.27. The number of hydrogen-bond donors (Lipinski definition) is 1. The summed E-state index contributed by atoms with van der Waals surface area (Å²) in [5, 5.41) is 15.9. The van der Waals surface area contributed by atoms with E-state index in [0.29, 0.717) is 12.5 Å². The maximum atomic E-state index is 10.3. The van der Waals surface area contributed by atoms with Gasteiger partial charge in [0, 0.05) is 36.3 Å². The molecule has 0 radical (unpaired) electrons. The van der Waals surface area contributed by atoms with Gasteiger partial charge in [0.25, 0.3) is 0 Å². The molecule has 0 aromatic carbocycles. The van der Waals surface area contributed by atoms with Gasteiger partial charge in [0.05, 0.1) is 23.4 Å². The third-order valence-electron chi connectivity index (χ3n) is 5.14. The zero-order valence-electron chi connectivity index (χ0n) is 14.1. The molecule has 1 fully saturated rings. The van der Waals surface area contributed by atoms with E-state index in [2.05, 4.69) is 10.00 Å². The van der Waals surface area contributed by atoms with Crippen LogP contribution in [-0.4, -0.2) is 50.5 Å². The number of hydrogen-bond acceptors (Lipinski definition) is 5. The lowest BCUT2D eigenvalue weighted by atomic mass is 9.98. The second-order valence-electron chi connectivity index (χ2n) is 7.11. The average Bonchev–Trinajstić information content (AvgIpc) is 3.24. The third kappa shape index (κ3) is 3.71. The zero-order valence-corrected chi connectivity index (χ0v) is 14.9. The van der Waals surface area contributed by atoms with Crippen molar-refractivity contribution in [1.82, 2.24) is 19.7 Å². The molecule has 2 atom stereocenters. The largest absolute Gasteiger partial charge is 0.390 e. The molecular formula is C18H26N4OS. The summed E-state index contributed by atoms with van der Waals surface area (Å²) in [6.07, 6.45) is 10.7. The summed E-state index contributed by atoms with van der Waals surface area (Å²) in [5.41, 5.74) is 1.37. The molecule has 4 rings (SSSR count). The molecule has 2 aromatic heterocycles. The van der Waals surface area contributed by atoms with Crippen molar-refractivity contribution in [2.75, 3.05) is 19.6 Å². The molecule has 3 heterocycles. The van der Waals surface area contributed by atoms with Crippen LogP contribution in [0.1, 0.15) is 47.2 Å². The van der Waals surface area contributed by atoms with Crippen molar-refractivity contribution in [2.24, 2.45) is 0 Å². The maximum Gasteiger partial charge on any atom is 0.0974 e. The van der Waals surface area contributed by atoms with Crippen molar-refractivity contribution >= 4 is 11.3 Å². The van der Waals surface area contributed by atoms with Crippen LogP contribution in [0.25, 0.3) is 0 Å². The summed E-state index contributed by atoms with van der Waals surface area (Å²) in [5.74, 6) is 0.547. The van der Waals surface area contributed by atoms with Gasteiger partial charge in [-0.25, -0.2) is 4.98 Å². The van der Waals surface area contributed by atoms with Crippen molar-refractivity contribution in [3.05, 3.63) is 34.0 Å². The van der Waals surface area contributed by atoms with Gasteiger partial charge in [-0.1, -0.05) is 0 Å². The van der Waals surface area contributed by atoms with E-state index in [1.165, 1.54) is 54.1 Å². The highest BCUT2D eigenvalue weighted by molar-refractivity contribution is 7.11. The Labute approximate surface area is 147 Å². The first-order chi connectivity index (χ1) is 11.8. The molecule has 1 aliphatic heterocycles. The molecule has 1 aliphatic carbocycles. The van der Waals surface area contributed by atoms with E-state index in [-0.39, 0.29) is 6.10 Å². The topological polar surface area (TPSA) is 54.2 Å². The van der Waals surface area contributed by atoms with Crippen LogP contribution in [0.15, 0.2) is 18.5 Å². The molecule has 0 bridgehead atoms. The number of piperidine rings is 1. The van der Waals surface area contributed by atoms with Gasteiger partial charge in [-0.3, -0.25) is 4.68 Å². The van der Waals surface area contributed by atoms with Crippen LogP contribution in [0.2, 0.25) is 0 Å². The first-order valence-corrected chi connectivity index (χ1v) is 9.96. The Hall–Kier alpha value is -1.24. The number of likely N-dealkylation sites (tertiary alicyclic amines) is 1. The average molecular weight is 347 g/mol. The fourth-order valence-electron chi connectivity index (χ4n) is 3.95. The van der Waals surface area contributed by atoms with Crippen LogP contribution < -0.4 is 0 Å². The van der Waals surface area contributed by atoms with Crippen molar-refractivity contribution < 1.29 is 5.11 Å². The Morgan fingerprint density at radius 3 is 3.00 bits per heavy atom. The van der Waals surface area contributed by atoms with Gasteiger partial charge < -0.3 is 10.0 Å². The van der Waals surface area contributed by atoms with Gasteiger partial charge in [0.15, 0.2) is 0 Å². The Balaban J connectivity index is 1.36. The summed E-state index contributed by atoms with van der Waals surface area (Å²) >= 11 is 1.95. The number of aliphatic hydroxyl groups excluding tert-OH is 1. The molecule has 0 unspecified atom stereocenters. The lowest BCUT2D eigenvalue weighted by Crippen LogP contribution is -2.40. The van der Waals surface area contributed by atoms with E-state index in [0.717, 1.165) is 19.6 Å². The van der Waals surface area contributed by atoms with Gasteiger partial charge in [0.1, 0.15) is 0 Å². The minimum atomic E-state index is -0.367. The SMILES string of the molecule is O[C@@H](CN1CCC[C@H](c2nc3c(s2)CCCC3)C1)Cn1cccn1. The fraction of sp³-hybridized carbons (Fsp3) is 0.667. The summed E-state index contributed by atoms with van der Waals surface area (Å²) in [4.78, 5) is 8.90. The van der Waals surface area contributed by atoms with E-state index >= 15 is 0 Å².